The number of nitrogens with zero attached hydrogens (tertiary/aromatic N) is 1. The number of carbonyl (C=O) groups excluding carboxylic acids is 1. The fourth-order valence-electron chi connectivity index (χ4n) is 3.59. The molecular formula is C25H22ClN3O3S. The van der Waals surface area contributed by atoms with Crippen LogP contribution in [0.5, 0.6) is 0 Å². The first kappa shape index (κ1) is 22.9. The van der Waals surface area contributed by atoms with Crippen molar-refractivity contribution in [3.63, 3.8) is 0 Å². The molecule has 4 rings (SSSR count). The molecule has 4 aromatic rings. The molecule has 1 amide bonds. The fraction of sp³-hybridized carbons (Fsp3) is 0.120. The predicted octanol–water partition coefficient (Wildman–Crippen LogP) is 4.53. The van der Waals surface area contributed by atoms with Gasteiger partial charge in [-0.15, -0.1) is 0 Å². The zero-order chi connectivity index (χ0) is 23.4. The van der Waals surface area contributed by atoms with Gasteiger partial charge in [-0.2, -0.15) is 0 Å². The Morgan fingerprint density at radius 1 is 0.939 bits per heavy atom. The molecule has 3 aromatic carbocycles. The van der Waals surface area contributed by atoms with E-state index in [4.69, 9.17) is 16.6 Å². The van der Waals surface area contributed by atoms with E-state index in [0.717, 1.165) is 16.5 Å². The number of halogens is 1. The monoisotopic (exact) mass is 479 g/mol. The highest BCUT2D eigenvalue weighted by Crippen LogP contribution is 2.29. The Hall–Kier alpha value is -3.26. The van der Waals surface area contributed by atoms with Crippen LogP contribution >= 0.6 is 11.6 Å². The van der Waals surface area contributed by atoms with Gasteiger partial charge >= 0.3 is 0 Å². The third kappa shape index (κ3) is 5.22. The van der Waals surface area contributed by atoms with Crippen molar-refractivity contribution in [1.29, 1.82) is 0 Å². The predicted molar refractivity (Wildman–Crippen MR) is 131 cm³/mol. The highest BCUT2D eigenvalue weighted by Gasteiger charge is 2.16. The third-order valence-electron chi connectivity index (χ3n) is 5.32. The molecule has 33 heavy (non-hydrogen) atoms. The van der Waals surface area contributed by atoms with Gasteiger partial charge in [-0.3, -0.25) is 4.79 Å². The lowest BCUT2D eigenvalue weighted by Gasteiger charge is -2.13. The molecule has 0 spiro atoms. The molecule has 0 saturated heterocycles. The molecule has 0 fully saturated rings. The van der Waals surface area contributed by atoms with Crippen molar-refractivity contribution in [2.45, 2.75) is 12.3 Å². The molecule has 1 heterocycles. The number of amides is 1. The van der Waals surface area contributed by atoms with Crippen molar-refractivity contribution in [3.8, 4) is 11.3 Å². The van der Waals surface area contributed by atoms with Gasteiger partial charge < -0.3 is 5.32 Å². The number of hydrogen-bond acceptors (Lipinski definition) is 4. The number of sulfonamides is 1. The van der Waals surface area contributed by atoms with Crippen molar-refractivity contribution < 1.29 is 13.2 Å². The summed E-state index contributed by atoms with van der Waals surface area (Å²) in [4.78, 5) is 17.9. The van der Waals surface area contributed by atoms with E-state index in [0.29, 0.717) is 27.4 Å². The number of rotatable bonds is 7. The van der Waals surface area contributed by atoms with Gasteiger partial charge in [0.2, 0.25) is 10.0 Å². The summed E-state index contributed by atoms with van der Waals surface area (Å²) >= 11 is 6.37. The van der Waals surface area contributed by atoms with E-state index in [9.17, 15) is 13.2 Å². The molecule has 168 valence electrons. The van der Waals surface area contributed by atoms with Gasteiger partial charge in [0.25, 0.3) is 5.91 Å². The number of pyridine rings is 1. The van der Waals surface area contributed by atoms with E-state index in [1.807, 2.05) is 48.5 Å². The smallest absolute Gasteiger partial charge is 0.252 e. The normalized spacial score (nSPS) is 11.5. The van der Waals surface area contributed by atoms with Gasteiger partial charge in [0.1, 0.15) is 0 Å². The maximum Gasteiger partial charge on any atom is 0.252 e. The van der Waals surface area contributed by atoms with Gasteiger partial charge in [-0.05, 0) is 36.4 Å². The van der Waals surface area contributed by atoms with Crippen LogP contribution in [0.2, 0.25) is 5.02 Å². The fourth-order valence-corrected chi connectivity index (χ4v) is 4.66. The molecule has 0 aliphatic carbocycles. The van der Waals surface area contributed by atoms with Crippen molar-refractivity contribution in [2.24, 2.45) is 0 Å². The summed E-state index contributed by atoms with van der Waals surface area (Å²) < 4.78 is 26.3. The van der Waals surface area contributed by atoms with Gasteiger partial charge in [0.15, 0.2) is 0 Å². The molecule has 8 heteroatoms. The third-order valence-corrected chi connectivity index (χ3v) is 6.97. The molecular weight excluding hydrogens is 458 g/mol. The summed E-state index contributed by atoms with van der Waals surface area (Å²) in [6.45, 7) is 0.187. The first-order valence-corrected chi connectivity index (χ1v) is 12.3. The van der Waals surface area contributed by atoms with E-state index in [1.165, 1.54) is 7.05 Å². The minimum atomic E-state index is -3.44. The number of fused-ring (bicyclic) bond motifs is 1. The zero-order valence-electron chi connectivity index (χ0n) is 17.9. The topological polar surface area (TPSA) is 88.2 Å². The summed E-state index contributed by atoms with van der Waals surface area (Å²) in [5.41, 5.74) is 3.85. The second kappa shape index (κ2) is 9.70. The Bertz CT molecular complexity index is 1440. The van der Waals surface area contributed by atoms with Crippen molar-refractivity contribution in [1.82, 2.24) is 15.0 Å². The van der Waals surface area contributed by atoms with E-state index < -0.39 is 10.0 Å². The minimum Gasteiger partial charge on any atom is -0.348 e. The lowest BCUT2D eigenvalue weighted by atomic mass is 10.0. The first-order chi connectivity index (χ1) is 15.9. The number of benzene rings is 3. The van der Waals surface area contributed by atoms with Crippen molar-refractivity contribution >= 4 is 38.4 Å². The second-order valence-electron chi connectivity index (χ2n) is 7.47. The molecule has 2 N–H and O–H groups in total. The summed E-state index contributed by atoms with van der Waals surface area (Å²) in [7, 11) is -2.06. The van der Waals surface area contributed by atoms with Crippen LogP contribution in [0.1, 0.15) is 21.5 Å². The first-order valence-electron chi connectivity index (χ1n) is 10.3. The van der Waals surface area contributed by atoms with E-state index in [1.54, 1.807) is 30.3 Å². The van der Waals surface area contributed by atoms with Crippen LogP contribution in [0.3, 0.4) is 0 Å². The van der Waals surface area contributed by atoms with Gasteiger partial charge in [0, 0.05) is 22.5 Å². The van der Waals surface area contributed by atoms with Crippen LogP contribution in [-0.2, 0) is 22.3 Å². The lowest BCUT2D eigenvalue weighted by Crippen LogP contribution is -2.25. The average Bonchev–Trinajstić information content (AvgIpc) is 2.82. The number of nitrogens with one attached hydrogen (secondary N) is 2. The Labute approximate surface area is 197 Å². The van der Waals surface area contributed by atoms with E-state index in [2.05, 4.69) is 10.0 Å². The molecule has 0 atom stereocenters. The summed E-state index contributed by atoms with van der Waals surface area (Å²) in [5.74, 6) is -0.446. The molecule has 0 radical (unpaired) electrons. The van der Waals surface area contributed by atoms with Crippen molar-refractivity contribution in [2.75, 3.05) is 7.05 Å². The number of aromatic nitrogens is 1. The van der Waals surface area contributed by atoms with Crippen molar-refractivity contribution in [3.05, 3.63) is 101 Å². The summed E-state index contributed by atoms with van der Waals surface area (Å²) in [6, 6.07) is 23.6. The maximum atomic E-state index is 13.3. The van der Waals surface area contributed by atoms with Gasteiger partial charge in [-0.1, -0.05) is 72.3 Å². The molecule has 0 aliphatic rings. The Balaban J connectivity index is 1.67. The quantitative estimate of drug-likeness (QED) is 0.407. The largest absolute Gasteiger partial charge is 0.348 e. The van der Waals surface area contributed by atoms with E-state index in [-0.39, 0.29) is 18.2 Å². The van der Waals surface area contributed by atoms with Crippen LogP contribution < -0.4 is 10.0 Å². The maximum absolute atomic E-state index is 13.3. The van der Waals surface area contributed by atoms with Crippen LogP contribution in [-0.4, -0.2) is 26.4 Å². The molecule has 0 saturated carbocycles. The Morgan fingerprint density at radius 2 is 1.61 bits per heavy atom. The Kier molecular flexibility index (Phi) is 6.74. The molecule has 0 unspecified atom stereocenters. The molecule has 0 bridgehead atoms. The Morgan fingerprint density at radius 3 is 2.36 bits per heavy atom. The lowest BCUT2D eigenvalue weighted by molar-refractivity contribution is 0.0952. The highest BCUT2D eigenvalue weighted by molar-refractivity contribution is 7.88. The summed E-state index contributed by atoms with van der Waals surface area (Å²) in [5, 5.41) is 4.20. The van der Waals surface area contributed by atoms with E-state index >= 15 is 0 Å². The van der Waals surface area contributed by atoms with Crippen LogP contribution in [0, 0.1) is 0 Å². The average molecular weight is 480 g/mol. The molecule has 6 nitrogen and oxygen atoms in total. The standard InChI is InChI=1S/C25H22ClN3O3S/c1-27-33(31,32)16-18-9-3-2-8-17(18)15-28-25(30)21-14-24(20-11-4-6-12-22(20)26)29-23-13-7-5-10-19(21)23/h2-14,27H,15-16H2,1H3,(H,28,30). The molecule has 0 aliphatic heterocycles. The number of carbonyl (C=O) groups is 1. The number of para-hydroxylation sites is 1. The minimum absolute atomic E-state index is 0.162. The SMILES string of the molecule is CNS(=O)(=O)Cc1ccccc1CNC(=O)c1cc(-c2ccccc2Cl)nc2ccccc12. The number of hydrogen-bond donors (Lipinski definition) is 2. The van der Waals surface area contributed by atoms with Gasteiger partial charge in [-0.25, -0.2) is 18.1 Å². The molecule has 1 aromatic heterocycles. The second-order valence-corrected chi connectivity index (χ2v) is 9.80. The van der Waals surface area contributed by atoms with Crippen LogP contribution in [0.15, 0.2) is 78.9 Å². The summed E-state index contributed by atoms with van der Waals surface area (Å²) in [6.07, 6.45) is 0. The zero-order valence-corrected chi connectivity index (χ0v) is 19.5. The highest BCUT2D eigenvalue weighted by atomic mass is 35.5. The van der Waals surface area contributed by atoms with Crippen LogP contribution in [0.25, 0.3) is 22.2 Å². The van der Waals surface area contributed by atoms with Crippen LogP contribution in [0.4, 0.5) is 0 Å². The van der Waals surface area contributed by atoms with Gasteiger partial charge in [0.05, 0.1) is 22.5 Å².